The lowest BCUT2D eigenvalue weighted by Crippen LogP contribution is -2.39. The molecule has 0 aliphatic carbocycles. The van der Waals surface area contributed by atoms with E-state index >= 15 is 0 Å². The summed E-state index contributed by atoms with van der Waals surface area (Å²) in [5.74, 6) is -0.733. The van der Waals surface area contributed by atoms with Crippen LogP contribution >= 0.6 is 12.4 Å². The van der Waals surface area contributed by atoms with Gasteiger partial charge in [0, 0.05) is 25.7 Å². The van der Waals surface area contributed by atoms with Crippen LogP contribution in [0.15, 0.2) is 15.4 Å². The first kappa shape index (κ1) is 18.9. The average molecular weight is 327 g/mol. The van der Waals surface area contributed by atoms with E-state index in [-0.39, 0.29) is 41.4 Å². The maximum Gasteiger partial charge on any atom is 0.373 e. The van der Waals surface area contributed by atoms with Crippen molar-refractivity contribution in [2.75, 3.05) is 20.7 Å². The second-order valence-electron chi connectivity index (χ2n) is 4.13. The van der Waals surface area contributed by atoms with E-state index in [1.807, 2.05) is 0 Å². The summed E-state index contributed by atoms with van der Waals surface area (Å²) in [6, 6.07) is 0.803. The first-order chi connectivity index (χ1) is 8.75. The van der Waals surface area contributed by atoms with E-state index in [1.165, 1.54) is 21.1 Å². The van der Waals surface area contributed by atoms with E-state index in [4.69, 9.17) is 10.2 Å². The SMILES string of the molecule is COC(=O)c1cc(S(=O)(=O)N(C)C(C)CN)c(C)o1.Cl. The number of nitrogens with two attached hydrogens (primary N) is 1. The molecule has 0 saturated heterocycles. The minimum Gasteiger partial charge on any atom is -0.463 e. The molecule has 1 unspecified atom stereocenters. The number of methoxy groups -OCH3 is 1. The predicted molar refractivity (Wildman–Crippen MR) is 75.5 cm³/mol. The minimum absolute atomic E-state index is 0. The van der Waals surface area contributed by atoms with Crippen LogP contribution in [0.2, 0.25) is 0 Å². The highest BCUT2D eigenvalue weighted by molar-refractivity contribution is 7.89. The predicted octanol–water partition coefficient (Wildman–Crippen LogP) is 0.764. The van der Waals surface area contributed by atoms with Crippen LogP contribution in [0.5, 0.6) is 0 Å². The maximum atomic E-state index is 12.3. The molecule has 0 aromatic carbocycles. The van der Waals surface area contributed by atoms with Crippen molar-refractivity contribution in [3.8, 4) is 0 Å². The van der Waals surface area contributed by atoms with Crippen molar-refractivity contribution in [3.05, 3.63) is 17.6 Å². The van der Waals surface area contributed by atoms with Gasteiger partial charge < -0.3 is 14.9 Å². The fourth-order valence-electron chi connectivity index (χ4n) is 1.46. The molecule has 0 fully saturated rings. The number of esters is 1. The first-order valence-electron chi connectivity index (χ1n) is 5.62. The Kier molecular flexibility index (Phi) is 6.69. The van der Waals surface area contributed by atoms with Crippen LogP contribution in [0.3, 0.4) is 0 Å². The molecular weight excluding hydrogens is 308 g/mol. The maximum absolute atomic E-state index is 12.3. The van der Waals surface area contributed by atoms with Gasteiger partial charge in [-0.1, -0.05) is 0 Å². The van der Waals surface area contributed by atoms with Gasteiger partial charge in [0.1, 0.15) is 10.7 Å². The summed E-state index contributed by atoms with van der Waals surface area (Å²) in [7, 11) is -1.13. The molecule has 1 rings (SSSR count). The molecule has 7 nitrogen and oxygen atoms in total. The van der Waals surface area contributed by atoms with Crippen molar-refractivity contribution in [2.24, 2.45) is 5.73 Å². The largest absolute Gasteiger partial charge is 0.463 e. The number of aryl methyl sites for hydroxylation is 1. The Hall–Kier alpha value is -1.09. The third kappa shape index (κ3) is 3.51. The van der Waals surface area contributed by atoms with Crippen molar-refractivity contribution >= 4 is 28.4 Å². The van der Waals surface area contributed by atoms with Crippen LogP contribution in [0, 0.1) is 6.92 Å². The fourth-order valence-corrected chi connectivity index (χ4v) is 2.99. The molecule has 0 aliphatic rings. The van der Waals surface area contributed by atoms with Gasteiger partial charge in [-0.3, -0.25) is 0 Å². The highest BCUT2D eigenvalue weighted by Crippen LogP contribution is 2.24. The summed E-state index contributed by atoms with van der Waals surface area (Å²) in [5, 5.41) is 0. The van der Waals surface area contributed by atoms with Crippen LogP contribution in [0.25, 0.3) is 0 Å². The molecule has 116 valence electrons. The number of furan rings is 1. The van der Waals surface area contributed by atoms with Crippen LogP contribution in [-0.2, 0) is 14.8 Å². The van der Waals surface area contributed by atoms with Gasteiger partial charge >= 0.3 is 5.97 Å². The summed E-state index contributed by atoms with van der Waals surface area (Å²) >= 11 is 0. The number of nitrogens with zero attached hydrogens (tertiary/aromatic N) is 1. The van der Waals surface area contributed by atoms with Crippen LogP contribution in [0.1, 0.15) is 23.2 Å². The van der Waals surface area contributed by atoms with Crippen molar-refractivity contribution in [1.82, 2.24) is 4.31 Å². The van der Waals surface area contributed by atoms with Crippen LogP contribution in [0.4, 0.5) is 0 Å². The molecule has 2 N–H and O–H groups in total. The zero-order valence-corrected chi connectivity index (χ0v) is 13.4. The lowest BCUT2D eigenvalue weighted by atomic mass is 10.4. The van der Waals surface area contributed by atoms with Crippen molar-refractivity contribution in [1.29, 1.82) is 0 Å². The molecule has 1 aromatic rings. The van der Waals surface area contributed by atoms with Gasteiger partial charge in [-0.2, -0.15) is 4.31 Å². The van der Waals surface area contributed by atoms with E-state index < -0.39 is 16.0 Å². The smallest absolute Gasteiger partial charge is 0.373 e. The zero-order chi connectivity index (χ0) is 14.8. The van der Waals surface area contributed by atoms with Gasteiger partial charge in [0.05, 0.1) is 7.11 Å². The topological polar surface area (TPSA) is 103 Å². The number of rotatable bonds is 5. The molecule has 9 heteroatoms. The molecule has 1 atom stereocenters. The van der Waals surface area contributed by atoms with Gasteiger partial charge in [-0.15, -0.1) is 12.4 Å². The molecule has 1 aromatic heterocycles. The quantitative estimate of drug-likeness (QED) is 0.801. The number of ether oxygens (including phenoxy) is 1. The number of carbonyl (C=O) groups is 1. The minimum atomic E-state index is -3.75. The number of halogens is 1. The molecule has 0 radical (unpaired) electrons. The molecule has 0 bridgehead atoms. The Morgan fingerprint density at radius 3 is 2.55 bits per heavy atom. The van der Waals surface area contributed by atoms with Gasteiger partial charge in [0.15, 0.2) is 0 Å². The van der Waals surface area contributed by atoms with E-state index in [0.29, 0.717) is 0 Å². The number of likely N-dealkylation sites (N-methyl/N-ethyl adjacent to an activating group) is 1. The Labute approximate surface area is 124 Å². The first-order valence-corrected chi connectivity index (χ1v) is 7.06. The molecule has 1 heterocycles. The Morgan fingerprint density at radius 1 is 1.55 bits per heavy atom. The normalized spacial score (nSPS) is 12.9. The molecule has 0 saturated carbocycles. The standard InChI is InChI=1S/C11H18N2O5S.ClH/c1-7(6-12)13(3)19(15,16)10-5-9(11(14)17-4)18-8(10)2;/h5,7H,6,12H2,1-4H3;1H. The Morgan fingerprint density at radius 2 is 2.10 bits per heavy atom. The highest BCUT2D eigenvalue weighted by atomic mass is 35.5. The summed E-state index contributed by atoms with van der Waals surface area (Å²) < 4.78 is 35.4. The number of hydrogen-bond acceptors (Lipinski definition) is 6. The molecule has 0 amide bonds. The Balaban J connectivity index is 0.00000361. The van der Waals surface area contributed by atoms with E-state index in [9.17, 15) is 13.2 Å². The van der Waals surface area contributed by atoms with Crippen LogP contribution in [-0.4, -0.2) is 45.4 Å². The summed E-state index contributed by atoms with van der Waals surface area (Å²) in [6.07, 6.45) is 0. The third-order valence-corrected chi connectivity index (χ3v) is 4.96. The fraction of sp³-hybridized carbons (Fsp3) is 0.545. The second-order valence-corrected chi connectivity index (χ2v) is 6.09. The highest BCUT2D eigenvalue weighted by Gasteiger charge is 2.30. The van der Waals surface area contributed by atoms with E-state index in [1.54, 1.807) is 6.92 Å². The number of carbonyl (C=O) groups excluding carboxylic acids is 1. The molecule has 20 heavy (non-hydrogen) atoms. The Bertz CT molecular complexity index is 569. The van der Waals surface area contributed by atoms with Crippen molar-refractivity contribution < 1.29 is 22.4 Å². The number of hydrogen-bond donors (Lipinski definition) is 1. The second kappa shape index (κ2) is 7.07. The summed E-state index contributed by atoms with van der Waals surface area (Å²) in [6.45, 7) is 3.35. The monoisotopic (exact) mass is 326 g/mol. The van der Waals surface area contributed by atoms with Crippen LogP contribution < -0.4 is 5.73 Å². The third-order valence-electron chi connectivity index (χ3n) is 2.88. The van der Waals surface area contributed by atoms with Gasteiger partial charge in [-0.25, -0.2) is 13.2 Å². The molecule has 0 spiro atoms. The lowest BCUT2D eigenvalue weighted by molar-refractivity contribution is 0.0563. The lowest BCUT2D eigenvalue weighted by Gasteiger charge is -2.22. The summed E-state index contributed by atoms with van der Waals surface area (Å²) in [4.78, 5) is 11.3. The van der Waals surface area contributed by atoms with Gasteiger partial charge in [-0.05, 0) is 13.8 Å². The van der Waals surface area contributed by atoms with E-state index in [0.717, 1.165) is 10.4 Å². The molecule has 0 aliphatic heterocycles. The van der Waals surface area contributed by atoms with Crippen molar-refractivity contribution in [3.63, 3.8) is 0 Å². The van der Waals surface area contributed by atoms with Gasteiger partial charge in [0.25, 0.3) is 0 Å². The summed E-state index contributed by atoms with van der Waals surface area (Å²) in [5.41, 5.74) is 5.46. The molecular formula is C11H19ClN2O5S. The number of sulfonamides is 1. The zero-order valence-electron chi connectivity index (χ0n) is 11.7. The van der Waals surface area contributed by atoms with E-state index in [2.05, 4.69) is 4.74 Å². The average Bonchev–Trinajstić information content (AvgIpc) is 2.78. The van der Waals surface area contributed by atoms with Gasteiger partial charge in [0.2, 0.25) is 15.8 Å². The van der Waals surface area contributed by atoms with Crippen molar-refractivity contribution in [2.45, 2.75) is 24.8 Å².